The Balaban J connectivity index is 3.75. The fourth-order valence-corrected chi connectivity index (χ4v) is 1.94. The van der Waals surface area contributed by atoms with Gasteiger partial charge in [0.15, 0.2) is 8.32 Å². The van der Waals surface area contributed by atoms with Crippen molar-refractivity contribution in [1.82, 2.24) is 0 Å². The molecule has 0 amide bonds. The summed E-state index contributed by atoms with van der Waals surface area (Å²) in [4.78, 5) is 3.61. The Morgan fingerprint density at radius 1 is 1.31 bits per heavy atom. The Kier molecular flexibility index (Phi) is 6.33. The van der Waals surface area contributed by atoms with Gasteiger partial charge in [0.05, 0.1) is 6.21 Å². The van der Waals surface area contributed by atoms with Crippen LogP contribution in [-0.4, -0.2) is 34.1 Å². The Morgan fingerprint density at radius 2 is 1.88 bits per heavy atom. The lowest BCUT2D eigenvalue weighted by Crippen LogP contribution is -2.41. The summed E-state index contributed by atoms with van der Waals surface area (Å²) < 4.78 is 29.3. The van der Waals surface area contributed by atoms with Gasteiger partial charge in [0.25, 0.3) is 6.43 Å². The van der Waals surface area contributed by atoms with E-state index in [1.54, 1.807) is 0 Å². The molecule has 0 aromatic heterocycles. The van der Waals surface area contributed by atoms with Gasteiger partial charge in [-0.05, 0) is 24.6 Å². The van der Waals surface area contributed by atoms with E-state index in [4.69, 9.17) is 4.43 Å². The molecule has 96 valence electrons. The molecule has 0 radical (unpaired) electrons. The summed E-state index contributed by atoms with van der Waals surface area (Å²) in [5.74, 6) is 0. The van der Waals surface area contributed by atoms with E-state index in [1.807, 2.05) is 0 Å². The van der Waals surface area contributed by atoms with E-state index in [0.717, 1.165) is 0 Å². The van der Waals surface area contributed by atoms with E-state index in [1.165, 1.54) is 0 Å². The van der Waals surface area contributed by atoms with Gasteiger partial charge in [0, 0.05) is 13.2 Å². The maximum atomic E-state index is 11.7. The van der Waals surface area contributed by atoms with Crippen LogP contribution in [0.1, 0.15) is 27.2 Å². The van der Waals surface area contributed by atoms with Gasteiger partial charge in [-0.2, -0.15) is 0 Å². The average Bonchev–Trinajstić information content (AvgIpc) is 2.08. The molecule has 0 aliphatic carbocycles. The molecule has 0 aromatic carbocycles. The first-order valence-electron chi connectivity index (χ1n) is 5.59. The second kappa shape index (κ2) is 6.44. The number of hydrogen-bond acceptors (Lipinski definition) is 2. The van der Waals surface area contributed by atoms with Crippen LogP contribution in [0.3, 0.4) is 0 Å². The minimum Gasteiger partial charge on any atom is -0.417 e. The second-order valence-corrected chi connectivity index (χ2v) is 10.2. The first-order chi connectivity index (χ1) is 7.17. The van der Waals surface area contributed by atoms with E-state index >= 15 is 0 Å². The smallest absolute Gasteiger partial charge is 0.273 e. The molecule has 0 heterocycles. The Hall–Kier alpha value is -0.293. The van der Waals surface area contributed by atoms with Gasteiger partial charge < -0.3 is 4.43 Å². The molecular weight excluding hydrogens is 228 g/mol. The van der Waals surface area contributed by atoms with Crippen molar-refractivity contribution in [3.63, 3.8) is 0 Å². The summed E-state index contributed by atoms with van der Waals surface area (Å²) in [6, 6.07) is 0. The monoisotopic (exact) mass is 251 g/mol. The molecule has 0 N–H and O–H groups in total. The third kappa shape index (κ3) is 6.32. The van der Waals surface area contributed by atoms with E-state index in [2.05, 4.69) is 38.9 Å². The van der Waals surface area contributed by atoms with Crippen LogP contribution < -0.4 is 0 Å². The second-order valence-electron chi connectivity index (χ2n) is 5.35. The molecule has 16 heavy (non-hydrogen) atoms. The molecule has 0 spiro atoms. The Bertz CT molecular complexity index is 225. The van der Waals surface area contributed by atoms with Gasteiger partial charge in [-0.3, -0.25) is 4.99 Å². The molecule has 0 rings (SSSR count). The van der Waals surface area contributed by atoms with Crippen molar-refractivity contribution in [3.05, 3.63) is 0 Å². The van der Waals surface area contributed by atoms with Crippen LogP contribution in [0.15, 0.2) is 4.99 Å². The summed E-state index contributed by atoms with van der Waals surface area (Å²) in [5.41, 5.74) is 0. The van der Waals surface area contributed by atoms with Crippen molar-refractivity contribution in [2.24, 2.45) is 4.99 Å². The summed E-state index contributed by atoms with van der Waals surface area (Å²) in [6.45, 7) is 11.9. The number of aliphatic imine (C=N–C) groups is 1. The highest BCUT2D eigenvalue weighted by molar-refractivity contribution is 6.74. The quantitative estimate of drug-likeness (QED) is 0.400. The Morgan fingerprint density at radius 3 is 2.31 bits per heavy atom. The van der Waals surface area contributed by atoms with Crippen LogP contribution in [0.4, 0.5) is 8.78 Å². The zero-order valence-corrected chi connectivity index (χ0v) is 11.9. The van der Waals surface area contributed by atoms with Crippen LogP contribution in [0.25, 0.3) is 0 Å². The van der Waals surface area contributed by atoms with E-state index < -0.39 is 14.7 Å². The van der Waals surface area contributed by atoms with E-state index in [9.17, 15) is 8.78 Å². The highest BCUT2D eigenvalue weighted by Crippen LogP contribution is 2.36. The lowest BCUT2D eigenvalue weighted by molar-refractivity contribution is 0.231. The standard InChI is InChI=1S/C11H23F2NOSi/c1-11(2,3)16(4,5)15-8-6-7-14-9-10(12)13/h9-10H,6-8H2,1-5H3/b14-9+. The van der Waals surface area contributed by atoms with Crippen molar-refractivity contribution >= 4 is 14.5 Å². The molecule has 0 fully saturated rings. The molecule has 0 aromatic rings. The lowest BCUT2D eigenvalue weighted by Gasteiger charge is -2.36. The molecule has 0 aliphatic rings. The highest BCUT2D eigenvalue weighted by Gasteiger charge is 2.36. The SMILES string of the molecule is CC(C)(C)[Si](C)(C)OCCC/N=C/C(F)F. The summed E-state index contributed by atoms with van der Waals surface area (Å²) >= 11 is 0. The van der Waals surface area contributed by atoms with Gasteiger partial charge in [-0.15, -0.1) is 0 Å². The number of rotatable bonds is 6. The molecular formula is C11H23F2NOSi. The fraction of sp³-hybridized carbons (Fsp3) is 0.909. The molecule has 0 atom stereocenters. The molecule has 0 aliphatic heterocycles. The van der Waals surface area contributed by atoms with Crippen LogP contribution in [0.2, 0.25) is 18.1 Å². The van der Waals surface area contributed by atoms with E-state index in [-0.39, 0.29) is 5.04 Å². The normalized spacial score (nSPS) is 14.0. The fourth-order valence-electron chi connectivity index (χ4n) is 0.854. The predicted octanol–water partition coefficient (Wildman–Crippen LogP) is 3.73. The van der Waals surface area contributed by atoms with Crippen molar-refractivity contribution < 1.29 is 13.2 Å². The zero-order chi connectivity index (χ0) is 12.8. The van der Waals surface area contributed by atoms with E-state index in [0.29, 0.717) is 25.8 Å². The van der Waals surface area contributed by atoms with Crippen molar-refractivity contribution in [3.8, 4) is 0 Å². The maximum Gasteiger partial charge on any atom is 0.273 e. The molecule has 2 nitrogen and oxygen atoms in total. The zero-order valence-electron chi connectivity index (χ0n) is 10.9. The van der Waals surface area contributed by atoms with Crippen LogP contribution in [0.5, 0.6) is 0 Å². The summed E-state index contributed by atoms with van der Waals surface area (Å²) in [5, 5.41) is 0.194. The minimum atomic E-state index is -2.44. The lowest BCUT2D eigenvalue weighted by atomic mass is 10.2. The summed E-state index contributed by atoms with van der Waals surface area (Å²) in [7, 11) is -1.69. The molecule has 0 saturated heterocycles. The Labute approximate surface area is 98.2 Å². The number of halogens is 2. The van der Waals surface area contributed by atoms with Crippen molar-refractivity contribution in [1.29, 1.82) is 0 Å². The highest BCUT2D eigenvalue weighted by atomic mass is 28.4. The molecule has 0 saturated carbocycles. The average molecular weight is 251 g/mol. The van der Waals surface area contributed by atoms with Crippen molar-refractivity contribution in [2.75, 3.05) is 13.2 Å². The summed E-state index contributed by atoms with van der Waals surface area (Å²) in [6.07, 6.45) is -1.05. The predicted molar refractivity (Wildman–Crippen MR) is 67.1 cm³/mol. The number of alkyl halides is 2. The topological polar surface area (TPSA) is 21.6 Å². The maximum absolute atomic E-state index is 11.7. The third-order valence-electron chi connectivity index (χ3n) is 2.92. The number of nitrogens with zero attached hydrogens (tertiary/aromatic N) is 1. The number of hydrogen-bond donors (Lipinski definition) is 0. The third-order valence-corrected chi connectivity index (χ3v) is 7.46. The van der Waals surface area contributed by atoms with Gasteiger partial charge in [0.1, 0.15) is 0 Å². The van der Waals surface area contributed by atoms with Crippen molar-refractivity contribution in [2.45, 2.75) is 51.7 Å². The molecule has 5 heteroatoms. The first kappa shape index (κ1) is 15.7. The van der Waals surface area contributed by atoms with Gasteiger partial charge in [-0.25, -0.2) is 8.78 Å². The van der Waals surface area contributed by atoms with Gasteiger partial charge in [0.2, 0.25) is 0 Å². The van der Waals surface area contributed by atoms with Crippen LogP contribution in [0, 0.1) is 0 Å². The minimum absolute atomic E-state index is 0.194. The van der Waals surface area contributed by atoms with Crippen LogP contribution >= 0.6 is 0 Å². The van der Waals surface area contributed by atoms with Crippen LogP contribution in [-0.2, 0) is 4.43 Å². The van der Waals surface area contributed by atoms with Gasteiger partial charge >= 0.3 is 0 Å². The van der Waals surface area contributed by atoms with Gasteiger partial charge in [-0.1, -0.05) is 20.8 Å². The molecule has 0 unspecified atom stereocenters. The largest absolute Gasteiger partial charge is 0.417 e. The first-order valence-corrected chi connectivity index (χ1v) is 8.50. The molecule has 0 bridgehead atoms.